The topological polar surface area (TPSA) is 0 Å². The van der Waals surface area contributed by atoms with E-state index < -0.39 is 0 Å². The number of rotatable bonds is 4. The van der Waals surface area contributed by atoms with Gasteiger partial charge in [0.2, 0.25) is 0 Å². The van der Waals surface area contributed by atoms with Crippen LogP contribution in [0.25, 0.3) is 0 Å². The molecule has 1 unspecified atom stereocenters. The largest absolute Gasteiger partial charge is 0.0836 e. The van der Waals surface area contributed by atoms with Gasteiger partial charge in [0, 0.05) is 4.83 Å². The molecule has 1 fully saturated rings. The zero-order chi connectivity index (χ0) is 10.8. The van der Waals surface area contributed by atoms with Gasteiger partial charge in [-0.05, 0) is 42.2 Å². The lowest BCUT2D eigenvalue weighted by Crippen LogP contribution is -1.96. The molecule has 1 atom stereocenters. The van der Waals surface area contributed by atoms with Crippen LogP contribution in [0, 0.1) is 11.8 Å². The lowest BCUT2D eigenvalue weighted by Gasteiger charge is -2.10. The van der Waals surface area contributed by atoms with Crippen molar-refractivity contribution >= 4 is 15.9 Å². The first-order valence-corrected chi connectivity index (χ1v) is 6.81. The molecule has 2 rings (SSSR count). The van der Waals surface area contributed by atoms with Gasteiger partial charge < -0.3 is 0 Å². The van der Waals surface area contributed by atoms with Gasteiger partial charge in [-0.15, -0.1) is 0 Å². The summed E-state index contributed by atoms with van der Waals surface area (Å²) in [5.74, 6) is 1.64. The summed E-state index contributed by atoms with van der Waals surface area (Å²) in [6, 6.07) is 9.14. The summed E-state index contributed by atoms with van der Waals surface area (Å²) in [6.45, 7) is 4.54. The van der Waals surface area contributed by atoms with E-state index in [0.29, 0.717) is 4.83 Å². The van der Waals surface area contributed by atoms with E-state index in [9.17, 15) is 0 Å². The highest BCUT2D eigenvalue weighted by Crippen LogP contribution is 2.46. The van der Waals surface area contributed by atoms with Crippen molar-refractivity contribution in [3.05, 3.63) is 35.4 Å². The Balaban J connectivity index is 2.02. The van der Waals surface area contributed by atoms with Crippen LogP contribution in [-0.2, 0) is 6.42 Å². The van der Waals surface area contributed by atoms with Crippen LogP contribution in [-0.4, -0.2) is 0 Å². The average molecular weight is 267 g/mol. The van der Waals surface area contributed by atoms with Gasteiger partial charge in [-0.1, -0.05) is 54.0 Å². The second kappa shape index (κ2) is 4.69. The highest BCUT2D eigenvalue weighted by molar-refractivity contribution is 9.09. The van der Waals surface area contributed by atoms with E-state index in [2.05, 4.69) is 54.0 Å². The molecule has 0 heterocycles. The summed E-state index contributed by atoms with van der Waals surface area (Å²) < 4.78 is 0. The molecule has 0 aliphatic heterocycles. The lowest BCUT2D eigenvalue weighted by molar-refractivity contribution is 0.647. The van der Waals surface area contributed by atoms with Crippen LogP contribution < -0.4 is 0 Å². The van der Waals surface area contributed by atoms with E-state index in [4.69, 9.17) is 0 Å². The molecule has 0 amide bonds. The van der Waals surface area contributed by atoms with Gasteiger partial charge >= 0.3 is 0 Å². The number of hydrogen-bond acceptors (Lipinski definition) is 0. The first-order chi connectivity index (χ1) is 7.16. The fourth-order valence-corrected chi connectivity index (χ4v) is 2.80. The predicted molar refractivity (Wildman–Crippen MR) is 69.4 cm³/mol. The Labute approximate surface area is 101 Å². The van der Waals surface area contributed by atoms with Gasteiger partial charge in [0.1, 0.15) is 0 Å². The van der Waals surface area contributed by atoms with Gasteiger partial charge in [0.15, 0.2) is 0 Å². The van der Waals surface area contributed by atoms with Crippen molar-refractivity contribution in [3.8, 4) is 0 Å². The third kappa shape index (κ3) is 3.07. The first kappa shape index (κ1) is 11.2. The Kier molecular flexibility index (Phi) is 3.50. The maximum atomic E-state index is 3.79. The van der Waals surface area contributed by atoms with Gasteiger partial charge in [-0.25, -0.2) is 0 Å². The van der Waals surface area contributed by atoms with Gasteiger partial charge in [0.25, 0.3) is 0 Å². The van der Waals surface area contributed by atoms with Crippen molar-refractivity contribution in [2.75, 3.05) is 0 Å². The molecule has 1 saturated carbocycles. The molecule has 15 heavy (non-hydrogen) atoms. The Hall–Kier alpha value is -0.300. The van der Waals surface area contributed by atoms with Crippen LogP contribution in [0.4, 0.5) is 0 Å². The normalized spacial score (nSPS) is 18.1. The number of benzene rings is 1. The molecule has 1 heteroatoms. The van der Waals surface area contributed by atoms with Crippen LogP contribution in [0.3, 0.4) is 0 Å². The smallest absolute Gasteiger partial charge is 0.0423 e. The van der Waals surface area contributed by atoms with Gasteiger partial charge in [-0.2, -0.15) is 0 Å². The fourth-order valence-electron chi connectivity index (χ4n) is 1.97. The minimum atomic E-state index is 0.589. The zero-order valence-electron chi connectivity index (χ0n) is 9.54. The Bertz CT molecular complexity index is 309. The molecule has 1 aromatic rings. The van der Waals surface area contributed by atoms with E-state index in [1.165, 1.54) is 30.4 Å². The van der Waals surface area contributed by atoms with E-state index in [-0.39, 0.29) is 0 Å². The first-order valence-electron chi connectivity index (χ1n) is 5.89. The molecule has 1 aliphatic rings. The molecule has 1 aromatic carbocycles. The van der Waals surface area contributed by atoms with Crippen LogP contribution in [0.1, 0.15) is 42.6 Å². The third-order valence-electron chi connectivity index (χ3n) is 2.98. The quantitative estimate of drug-likeness (QED) is 0.692. The van der Waals surface area contributed by atoms with Crippen molar-refractivity contribution in [2.45, 2.75) is 37.9 Å². The second-order valence-corrected chi connectivity index (χ2v) is 6.07. The molecule has 0 nitrogen and oxygen atoms in total. The minimum Gasteiger partial charge on any atom is -0.0836 e. The van der Waals surface area contributed by atoms with Crippen LogP contribution >= 0.6 is 15.9 Å². The van der Waals surface area contributed by atoms with E-state index >= 15 is 0 Å². The van der Waals surface area contributed by atoms with Crippen LogP contribution in [0.15, 0.2) is 24.3 Å². The molecule has 0 radical (unpaired) electrons. The van der Waals surface area contributed by atoms with E-state index in [1.54, 1.807) is 0 Å². The summed E-state index contributed by atoms with van der Waals surface area (Å²) >= 11 is 3.79. The van der Waals surface area contributed by atoms with Crippen molar-refractivity contribution < 1.29 is 0 Å². The molecular weight excluding hydrogens is 248 g/mol. The number of hydrogen-bond donors (Lipinski definition) is 0. The van der Waals surface area contributed by atoms with Crippen LogP contribution in [0.5, 0.6) is 0 Å². The van der Waals surface area contributed by atoms with Crippen LogP contribution in [0.2, 0.25) is 0 Å². The Morgan fingerprint density at radius 3 is 2.27 bits per heavy atom. The van der Waals surface area contributed by atoms with E-state index in [1.807, 2.05) is 0 Å². The molecule has 0 N–H and O–H groups in total. The molecule has 0 bridgehead atoms. The average Bonchev–Trinajstić information content (AvgIpc) is 3.00. The van der Waals surface area contributed by atoms with Crippen molar-refractivity contribution in [3.63, 3.8) is 0 Å². The van der Waals surface area contributed by atoms with Crippen molar-refractivity contribution in [1.29, 1.82) is 0 Å². The maximum Gasteiger partial charge on any atom is 0.0423 e. The number of alkyl halides is 1. The highest BCUT2D eigenvalue weighted by atomic mass is 79.9. The molecule has 0 aromatic heterocycles. The summed E-state index contributed by atoms with van der Waals surface area (Å²) in [5.41, 5.74) is 2.91. The molecular formula is C14H19Br. The second-order valence-electron chi connectivity index (χ2n) is 5.08. The summed E-state index contributed by atoms with van der Waals surface area (Å²) in [6.07, 6.45) is 3.98. The fraction of sp³-hybridized carbons (Fsp3) is 0.571. The lowest BCUT2D eigenvalue weighted by atomic mass is 10.0. The van der Waals surface area contributed by atoms with Gasteiger partial charge in [-0.3, -0.25) is 0 Å². The highest BCUT2D eigenvalue weighted by Gasteiger charge is 2.30. The predicted octanol–water partition coefficient (Wildman–Crippen LogP) is 4.73. The Morgan fingerprint density at radius 2 is 1.80 bits per heavy atom. The molecule has 0 saturated heterocycles. The standard InChI is InChI=1S/C14H19Br/c1-10(2)9-11-3-5-12(6-4-11)14(15)13-7-8-13/h3-6,10,13-14H,7-9H2,1-2H3. The van der Waals surface area contributed by atoms with Gasteiger partial charge in [0.05, 0.1) is 0 Å². The summed E-state index contributed by atoms with van der Waals surface area (Å²) in [4.78, 5) is 0.589. The van der Waals surface area contributed by atoms with Crippen molar-refractivity contribution in [2.24, 2.45) is 11.8 Å². The molecule has 82 valence electrons. The molecule has 1 aliphatic carbocycles. The zero-order valence-corrected chi connectivity index (χ0v) is 11.1. The summed E-state index contributed by atoms with van der Waals surface area (Å²) in [5, 5.41) is 0. The number of halogens is 1. The summed E-state index contributed by atoms with van der Waals surface area (Å²) in [7, 11) is 0. The monoisotopic (exact) mass is 266 g/mol. The van der Waals surface area contributed by atoms with Crippen molar-refractivity contribution in [1.82, 2.24) is 0 Å². The maximum absolute atomic E-state index is 3.79. The molecule has 0 spiro atoms. The van der Waals surface area contributed by atoms with E-state index in [0.717, 1.165) is 11.8 Å². The minimum absolute atomic E-state index is 0.589. The third-order valence-corrected chi connectivity index (χ3v) is 4.25. The Morgan fingerprint density at radius 1 is 1.20 bits per heavy atom. The SMILES string of the molecule is CC(C)Cc1ccc(C(Br)C2CC2)cc1.